The first-order valence-corrected chi connectivity index (χ1v) is 8.35. The van der Waals surface area contributed by atoms with Gasteiger partial charge in [0.2, 0.25) is 5.91 Å². The quantitative estimate of drug-likeness (QED) is 0.787. The van der Waals surface area contributed by atoms with Crippen molar-refractivity contribution in [2.24, 2.45) is 0 Å². The monoisotopic (exact) mass is 302 g/mol. The highest BCUT2D eigenvalue weighted by Crippen LogP contribution is 2.23. The largest absolute Gasteiger partial charge is 0.352 e. The van der Waals surface area contributed by atoms with Crippen molar-refractivity contribution in [1.82, 2.24) is 10.2 Å². The lowest BCUT2D eigenvalue weighted by Crippen LogP contribution is -2.38. The molecule has 4 heteroatoms. The predicted octanol–water partition coefficient (Wildman–Crippen LogP) is 2.99. The molecule has 1 aliphatic carbocycles. The molecule has 0 saturated heterocycles. The molecule has 1 fully saturated rings. The summed E-state index contributed by atoms with van der Waals surface area (Å²) in [6, 6.07) is 9.60. The van der Waals surface area contributed by atoms with Gasteiger partial charge in [0.15, 0.2) is 0 Å². The van der Waals surface area contributed by atoms with E-state index in [0.717, 1.165) is 19.4 Å². The minimum absolute atomic E-state index is 0.0730. The molecule has 22 heavy (non-hydrogen) atoms. The van der Waals surface area contributed by atoms with Crippen LogP contribution >= 0.6 is 0 Å². The maximum absolute atomic E-state index is 12.3. The number of hydrogen-bond donors (Lipinski definition) is 1. The molecule has 0 unspecified atom stereocenters. The summed E-state index contributed by atoms with van der Waals surface area (Å²) in [7, 11) is 0. The Balaban J connectivity index is 1.69. The van der Waals surface area contributed by atoms with Crippen LogP contribution in [-0.4, -0.2) is 35.8 Å². The van der Waals surface area contributed by atoms with Crippen LogP contribution in [0, 0.1) is 0 Å². The molecule has 0 radical (unpaired) electrons. The summed E-state index contributed by atoms with van der Waals surface area (Å²) in [6.07, 6.45) is 5.97. The van der Waals surface area contributed by atoms with Crippen LogP contribution in [0.4, 0.5) is 0 Å². The Bertz CT molecular complexity index is 481. The van der Waals surface area contributed by atoms with E-state index in [9.17, 15) is 9.59 Å². The van der Waals surface area contributed by atoms with Crippen LogP contribution in [0.2, 0.25) is 0 Å². The number of nitrogens with zero attached hydrogens (tertiary/aromatic N) is 1. The molecule has 0 aliphatic heterocycles. The third-order valence-electron chi connectivity index (χ3n) is 4.32. The van der Waals surface area contributed by atoms with E-state index in [1.807, 2.05) is 30.0 Å². The first kappa shape index (κ1) is 16.5. The summed E-state index contributed by atoms with van der Waals surface area (Å²) < 4.78 is 0. The summed E-state index contributed by atoms with van der Waals surface area (Å²) in [6.45, 7) is 3.38. The Morgan fingerprint density at radius 2 is 1.86 bits per heavy atom. The van der Waals surface area contributed by atoms with Crippen molar-refractivity contribution < 1.29 is 9.59 Å². The number of carbonyl (C=O) groups excluding carboxylic acids is 2. The van der Waals surface area contributed by atoms with Crippen molar-refractivity contribution in [2.75, 3.05) is 13.1 Å². The standard InChI is InChI=1S/C18H26N2O2/c1-2-20(16-11-6-7-12-16)17(21)13-8-14-19-18(22)15-9-4-3-5-10-15/h3-5,9-10,16H,2,6-8,11-14H2,1H3,(H,19,22). The van der Waals surface area contributed by atoms with Gasteiger partial charge in [0.1, 0.15) is 0 Å². The topological polar surface area (TPSA) is 49.4 Å². The second kappa shape index (κ2) is 8.57. The lowest BCUT2D eigenvalue weighted by molar-refractivity contribution is -0.133. The van der Waals surface area contributed by atoms with Crippen molar-refractivity contribution >= 4 is 11.8 Å². The highest BCUT2D eigenvalue weighted by atomic mass is 16.2. The average Bonchev–Trinajstić information content (AvgIpc) is 3.07. The van der Waals surface area contributed by atoms with Gasteiger partial charge in [-0.1, -0.05) is 31.0 Å². The third-order valence-corrected chi connectivity index (χ3v) is 4.32. The fraction of sp³-hybridized carbons (Fsp3) is 0.556. The van der Waals surface area contributed by atoms with Crippen molar-refractivity contribution in [3.63, 3.8) is 0 Å². The number of nitrogens with one attached hydrogen (secondary N) is 1. The first-order chi connectivity index (χ1) is 10.7. The lowest BCUT2D eigenvalue weighted by atomic mass is 10.1. The van der Waals surface area contributed by atoms with Gasteiger partial charge in [-0.2, -0.15) is 0 Å². The van der Waals surface area contributed by atoms with Crippen LogP contribution in [-0.2, 0) is 4.79 Å². The molecule has 1 aromatic rings. The summed E-state index contributed by atoms with van der Waals surface area (Å²) in [5.41, 5.74) is 0.662. The number of carbonyl (C=O) groups is 2. The van der Waals surface area contributed by atoms with Crippen LogP contribution in [0.25, 0.3) is 0 Å². The Labute approximate surface area is 132 Å². The van der Waals surface area contributed by atoms with Crippen LogP contribution in [0.3, 0.4) is 0 Å². The maximum Gasteiger partial charge on any atom is 0.251 e. The van der Waals surface area contributed by atoms with E-state index in [1.165, 1.54) is 12.8 Å². The fourth-order valence-electron chi connectivity index (χ4n) is 3.13. The van der Waals surface area contributed by atoms with Crippen molar-refractivity contribution in [2.45, 2.75) is 51.5 Å². The Morgan fingerprint density at radius 3 is 2.50 bits per heavy atom. The Hall–Kier alpha value is -1.84. The van der Waals surface area contributed by atoms with Gasteiger partial charge in [-0.25, -0.2) is 0 Å². The Kier molecular flexibility index (Phi) is 6.44. The van der Waals surface area contributed by atoms with Crippen LogP contribution < -0.4 is 5.32 Å². The highest BCUT2D eigenvalue weighted by Gasteiger charge is 2.24. The van der Waals surface area contributed by atoms with Gasteiger partial charge in [-0.3, -0.25) is 9.59 Å². The average molecular weight is 302 g/mol. The molecule has 1 aliphatic rings. The number of hydrogen-bond acceptors (Lipinski definition) is 2. The second-order valence-corrected chi connectivity index (χ2v) is 5.84. The van der Waals surface area contributed by atoms with Crippen molar-refractivity contribution in [3.05, 3.63) is 35.9 Å². The zero-order valence-electron chi connectivity index (χ0n) is 13.4. The van der Waals surface area contributed by atoms with Crippen LogP contribution in [0.5, 0.6) is 0 Å². The molecular formula is C18H26N2O2. The van der Waals surface area contributed by atoms with Crippen LogP contribution in [0.15, 0.2) is 30.3 Å². The molecule has 2 amide bonds. The fourth-order valence-corrected chi connectivity index (χ4v) is 3.13. The van der Waals surface area contributed by atoms with Crippen LogP contribution in [0.1, 0.15) is 55.8 Å². The molecule has 1 aromatic carbocycles. The van der Waals surface area contributed by atoms with E-state index < -0.39 is 0 Å². The highest BCUT2D eigenvalue weighted by molar-refractivity contribution is 5.94. The molecule has 0 atom stereocenters. The summed E-state index contributed by atoms with van der Waals surface area (Å²) in [5.74, 6) is 0.152. The van der Waals surface area contributed by atoms with E-state index in [0.29, 0.717) is 31.0 Å². The Morgan fingerprint density at radius 1 is 1.18 bits per heavy atom. The van der Waals surface area contributed by atoms with E-state index in [2.05, 4.69) is 5.32 Å². The van der Waals surface area contributed by atoms with E-state index >= 15 is 0 Å². The van der Waals surface area contributed by atoms with Gasteiger partial charge in [-0.05, 0) is 38.3 Å². The normalized spacial score (nSPS) is 14.8. The van der Waals surface area contributed by atoms with Crippen molar-refractivity contribution in [1.29, 1.82) is 0 Å². The number of benzene rings is 1. The molecule has 0 bridgehead atoms. The minimum Gasteiger partial charge on any atom is -0.352 e. The predicted molar refractivity (Wildman–Crippen MR) is 87.7 cm³/mol. The summed E-state index contributed by atoms with van der Waals surface area (Å²) in [4.78, 5) is 26.2. The molecule has 4 nitrogen and oxygen atoms in total. The van der Waals surface area contributed by atoms with Gasteiger partial charge in [0.25, 0.3) is 5.91 Å². The molecule has 120 valence electrons. The van der Waals surface area contributed by atoms with Gasteiger partial charge < -0.3 is 10.2 Å². The molecule has 0 spiro atoms. The molecular weight excluding hydrogens is 276 g/mol. The minimum atomic E-state index is -0.0730. The van der Waals surface area contributed by atoms with E-state index in [-0.39, 0.29) is 11.8 Å². The maximum atomic E-state index is 12.3. The molecule has 1 N–H and O–H groups in total. The van der Waals surface area contributed by atoms with E-state index in [1.54, 1.807) is 12.1 Å². The SMILES string of the molecule is CCN(C(=O)CCCNC(=O)c1ccccc1)C1CCCC1. The lowest BCUT2D eigenvalue weighted by Gasteiger charge is -2.27. The smallest absolute Gasteiger partial charge is 0.251 e. The van der Waals surface area contributed by atoms with Gasteiger partial charge in [0.05, 0.1) is 0 Å². The molecule has 0 aromatic heterocycles. The molecule has 2 rings (SSSR count). The second-order valence-electron chi connectivity index (χ2n) is 5.84. The molecule has 1 saturated carbocycles. The zero-order valence-corrected chi connectivity index (χ0v) is 13.4. The first-order valence-electron chi connectivity index (χ1n) is 8.35. The number of amides is 2. The third kappa shape index (κ3) is 4.58. The zero-order chi connectivity index (χ0) is 15.8. The molecule has 0 heterocycles. The summed E-state index contributed by atoms with van der Waals surface area (Å²) in [5, 5.41) is 2.87. The van der Waals surface area contributed by atoms with Crippen molar-refractivity contribution in [3.8, 4) is 0 Å². The van der Waals surface area contributed by atoms with Gasteiger partial charge in [0, 0.05) is 31.1 Å². The number of rotatable bonds is 7. The van der Waals surface area contributed by atoms with Gasteiger partial charge in [-0.15, -0.1) is 0 Å². The van der Waals surface area contributed by atoms with E-state index in [4.69, 9.17) is 0 Å². The summed E-state index contributed by atoms with van der Waals surface area (Å²) >= 11 is 0. The van der Waals surface area contributed by atoms with Gasteiger partial charge >= 0.3 is 0 Å².